The number of anilines is 3. The molecule has 0 aliphatic carbocycles. The molecule has 0 saturated heterocycles. The molecule has 0 radical (unpaired) electrons. The van der Waals surface area contributed by atoms with Crippen LogP contribution in [-0.4, -0.2) is 6.54 Å². The molecule has 0 atom stereocenters. The fourth-order valence-corrected chi connectivity index (χ4v) is 2.70. The van der Waals surface area contributed by atoms with E-state index < -0.39 is 0 Å². The standard InChI is InChI=1S/C16H18N2/c1-12-8-9-16(14(17)11-12)18-10-4-6-13-5-2-3-7-15(13)18/h2-3,5,7-9,11H,4,6,10,17H2,1H3. The molecular weight excluding hydrogens is 220 g/mol. The maximum absolute atomic E-state index is 6.17. The summed E-state index contributed by atoms with van der Waals surface area (Å²) in [6.07, 6.45) is 2.35. The molecule has 0 saturated carbocycles. The minimum atomic E-state index is 0.867. The monoisotopic (exact) mass is 238 g/mol. The number of para-hydroxylation sites is 1. The highest BCUT2D eigenvalue weighted by Crippen LogP contribution is 2.36. The molecule has 2 nitrogen and oxygen atoms in total. The van der Waals surface area contributed by atoms with Crippen molar-refractivity contribution < 1.29 is 0 Å². The minimum Gasteiger partial charge on any atom is -0.397 e. The third kappa shape index (κ3) is 1.84. The number of aryl methyl sites for hydroxylation is 2. The highest BCUT2D eigenvalue weighted by atomic mass is 15.1. The molecule has 2 aromatic carbocycles. The average molecular weight is 238 g/mol. The van der Waals surface area contributed by atoms with Crippen LogP contribution in [0.2, 0.25) is 0 Å². The van der Waals surface area contributed by atoms with Gasteiger partial charge in [0.25, 0.3) is 0 Å². The maximum atomic E-state index is 6.17. The van der Waals surface area contributed by atoms with Gasteiger partial charge in [-0.15, -0.1) is 0 Å². The first-order valence-corrected chi connectivity index (χ1v) is 6.47. The van der Waals surface area contributed by atoms with Crippen LogP contribution in [0.4, 0.5) is 17.1 Å². The van der Waals surface area contributed by atoms with Crippen LogP contribution < -0.4 is 10.6 Å². The average Bonchev–Trinajstić information content (AvgIpc) is 2.38. The zero-order valence-corrected chi connectivity index (χ0v) is 10.7. The van der Waals surface area contributed by atoms with Gasteiger partial charge >= 0.3 is 0 Å². The van der Waals surface area contributed by atoms with Gasteiger partial charge in [-0.25, -0.2) is 0 Å². The molecule has 0 spiro atoms. The zero-order chi connectivity index (χ0) is 12.5. The van der Waals surface area contributed by atoms with Gasteiger partial charge in [-0.05, 0) is 49.1 Å². The Labute approximate surface area is 108 Å². The van der Waals surface area contributed by atoms with Crippen molar-refractivity contribution in [2.75, 3.05) is 17.2 Å². The lowest BCUT2D eigenvalue weighted by atomic mass is 10.0. The van der Waals surface area contributed by atoms with E-state index in [4.69, 9.17) is 5.73 Å². The van der Waals surface area contributed by atoms with Crippen LogP contribution in [0, 0.1) is 6.92 Å². The van der Waals surface area contributed by atoms with Crippen LogP contribution >= 0.6 is 0 Å². The van der Waals surface area contributed by atoms with Crippen LogP contribution in [0.25, 0.3) is 0 Å². The molecule has 3 rings (SSSR count). The Morgan fingerprint density at radius 1 is 1.06 bits per heavy atom. The number of nitrogens with two attached hydrogens (primary N) is 1. The van der Waals surface area contributed by atoms with E-state index in [0.717, 1.165) is 17.9 Å². The predicted octanol–water partition coefficient (Wildman–Crippen LogP) is 3.66. The highest BCUT2D eigenvalue weighted by Gasteiger charge is 2.19. The predicted molar refractivity (Wildman–Crippen MR) is 77.4 cm³/mol. The normalized spacial score (nSPS) is 14.4. The van der Waals surface area contributed by atoms with Crippen molar-refractivity contribution in [1.29, 1.82) is 0 Å². The molecule has 0 unspecified atom stereocenters. The fraction of sp³-hybridized carbons (Fsp3) is 0.250. The first kappa shape index (κ1) is 11.1. The first-order chi connectivity index (χ1) is 8.75. The van der Waals surface area contributed by atoms with E-state index in [1.165, 1.54) is 29.7 Å². The molecule has 0 fully saturated rings. The summed E-state index contributed by atoms with van der Waals surface area (Å²) in [5.41, 5.74) is 12.1. The summed E-state index contributed by atoms with van der Waals surface area (Å²) in [7, 11) is 0. The van der Waals surface area contributed by atoms with E-state index in [-0.39, 0.29) is 0 Å². The largest absolute Gasteiger partial charge is 0.397 e. The Bertz CT molecular complexity index is 575. The van der Waals surface area contributed by atoms with Crippen LogP contribution in [0.15, 0.2) is 42.5 Å². The summed E-state index contributed by atoms with van der Waals surface area (Å²) in [4.78, 5) is 2.34. The van der Waals surface area contributed by atoms with E-state index in [1.54, 1.807) is 0 Å². The molecule has 2 aromatic rings. The lowest BCUT2D eigenvalue weighted by Crippen LogP contribution is -2.25. The lowest BCUT2D eigenvalue weighted by Gasteiger charge is -2.32. The van der Waals surface area contributed by atoms with Gasteiger partial charge in [0.05, 0.1) is 11.4 Å². The maximum Gasteiger partial charge on any atom is 0.0644 e. The lowest BCUT2D eigenvalue weighted by molar-refractivity contribution is 0.767. The van der Waals surface area contributed by atoms with Crippen molar-refractivity contribution in [3.05, 3.63) is 53.6 Å². The molecule has 1 aliphatic heterocycles. The molecule has 0 aromatic heterocycles. The number of nitrogen functional groups attached to an aromatic ring is 1. The zero-order valence-electron chi connectivity index (χ0n) is 10.7. The summed E-state index contributed by atoms with van der Waals surface area (Å²) in [6, 6.07) is 14.9. The van der Waals surface area contributed by atoms with Gasteiger partial charge in [0, 0.05) is 12.2 Å². The van der Waals surface area contributed by atoms with Gasteiger partial charge in [0.2, 0.25) is 0 Å². The van der Waals surface area contributed by atoms with Gasteiger partial charge in [-0.1, -0.05) is 24.3 Å². The van der Waals surface area contributed by atoms with Gasteiger partial charge in [0.1, 0.15) is 0 Å². The van der Waals surface area contributed by atoms with Gasteiger partial charge in [-0.2, -0.15) is 0 Å². The van der Waals surface area contributed by atoms with E-state index in [2.05, 4.69) is 48.2 Å². The Hall–Kier alpha value is -1.96. The molecule has 1 heterocycles. The van der Waals surface area contributed by atoms with Crippen LogP contribution in [0.1, 0.15) is 17.5 Å². The molecule has 2 N–H and O–H groups in total. The van der Waals surface area contributed by atoms with Crippen LogP contribution in [-0.2, 0) is 6.42 Å². The molecule has 0 bridgehead atoms. The molecule has 18 heavy (non-hydrogen) atoms. The second-order valence-corrected chi connectivity index (χ2v) is 4.95. The van der Waals surface area contributed by atoms with Crippen molar-refractivity contribution in [3.63, 3.8) is 0 Å². The molecular formula is C16H18N2. The van der Waals surface area contributed by atoms with Crippen LogP contribution in [0.5, 0.6) is 0 Å². The molecule has 0 amide bonds. The summed E-state index contributed by atoms with van der Waals surface area (Å²) in [6.45, 7) is 3.12. The second-order valence-electron chi connectivity index (χ2n) is 4.95. The summed E-state index contributed by atoms with van der Waals surface area (Å²) >= 11 is 0. The number of hydrogen-bond donors (Lipinski definition) is 1. The van der Waals surface area contributed by atoms with Crippen molar-refractivity contribution in [1.82, 2.24) is 0 Å². The van der Waals surface area contributed by atoms with Gasteiger partial charge in [-0.3, -0.25) is 0 Å². The molecule has 2 heteroatoms. The number of benzene rings is 2. The van der Waals surface area contributed by atoms with Crippen LogP contribution in [0.3, 0.4) is 0 Å². The summed E-state index contributed by atoms with van der Waals surface area (Å²) < 4.78 is 0. The third-order valence-corrected chi connectivity index (χ3v) is 3.58. The summed E-state index contributed by atoms with van der Waals surface area (Å²) in [5.74, 6) is 0. The fourth-order valence-electron chi connectivity index (χ4n) is 2.70. The van der Waals surface area contributed by atoms with E-state index in [1.807, 2.05) is 6.07 Å². The van der Waals surface area contributed by atoms with Crippen molar-refractivity contribution in [2.45, 2.75) is 19.8 Å². The second kappa shape index (κ2) is 4.37. The molecule has 92 valence electrons. The Morgan fingerprint density at radius 3 is 2.72 bits per heavy atom. The topological polar surface area (TPSA) is 29.3 Å². The molecule has 1 aliphatic rings. The minimum absolute atomic E-state index is 0.867. The number of fused-ring (bicyclic) bond motifs is 1. The SMILES string of the molecule is Cc1ccc(N2CCCc3ccccc32)c(N)c1. The van der Waals surface area contributed by atoms with Crippen molar-refractivity contribution >= 4 is 17.1 Å². The number of rotatable bonds is 1. The Morgan fingerprint density at radius 2 is 1.89 bits per heavy atom. The van der Waals surface area contributed by atoms with Crippen molar-refractivity contribution in [3.8, 4) is 0 Å². The van der Waals surface area contributed by atoms with Gasteiger partial charge in [0.15, 0.2) is 0 Å². The van der Waals surface area contributed by atoms with E-state index in [0.29, 0.717) is 0 Å². The smallest absolute Gasteiger partial charge is 0.0644 e. The van der Waals surface area contributed by atoms with E-state index >= 15 is 0 Å². The Balaban J connectivity index is 2.08. The quantitative estimate of drug-likeness (QED) is 0.768. The van der Waals surface area contributed by atoms with E-state index in [9.17, 15) is 0 Å². The number of hydrogen-bond acceptors (Lipinski definition) is 2. The highest BCUT2D eigenvalue weighted by molar-refractivity contribution is 5.77. The summed E-state index contributed by atoms with van der Waals surface area (Å²) in [5, 5.41) is 0. The van der Waals surface area contributed by atoms with Crippen molar-refractivity contribution in [2.24, 2.45) is 0 Å². The van der Waals surface area contributed by atoms with Gasteiger partial charge < -0.3 is 10.6 Å². The number of nitrogens with zero attached hydrogens (tertiary/aromatic N) is 1. The Kier molecular flexibility index (Phi) is 2.71. The third-order valence-electron chi connectivity index (χ3n) is 3.58. The first-order valence-electron chi connectivity index (χ1n) is 6.47.